The van der Waals surface area contributed by atoms with Crippen molar-refractivity contribution in [2.24, 2.45) is 0 Å². The molecule has 0 radical (unpaired) electrons. The summed E-state index contributed by atoms with van der Waals surface area (Å²) in [6.07, 6.45) is 3.15. The lowest BCUT2D eigenvalue weighted by Crippen LogP contribution is -2.11. The van der Waals surface area contributed by atoms with Gasteiger partial charge >= 0.3 is 0 Å². The normalized spacial score (nSPS) is 10.6. The summed E-state index contributed by atoms with van der Waals surface area (Å²) in [6.45, 7) is 2.00. The van der Waals surface area contributed by atoms with Gasteiger partial charge in [0.25, 0.3) is 5.91 Å². The van der Waals surface area contributed by atoms with Gasteiger partial charge in [0.1, 0.15) is 0 Å². The molecule has 0 saturated carbocycles. The van der Waals surface area contributed by atoms with E-state index in [4.69, 9.17) is 4.42 Å². The molecule has 0 fully saturated rings. The molecule has 0 bridgehead atoms. The standard InChI is InChI=1S/C21H16N4O2/c1-14-5-2-3-7-18(14)21-25-24-20(27-21)15-8-10-17(11-9-15)23-19(26)16-6-4-12-22-13-16/h2-13H,1H3,(H,23,26). The predicted octanol–water partition coefficient (Wildman–Crippen LogP) is 4.36. The van der Waals surface area contributed by atoms with Crippen LogP contribution in [0.4, 0.5) is 5.69 Å². The minimum atomic E-state index is -0.213. The zero-order valence-electron chi connectivity index (χ0n) is 14.6. The Morgan fingerprint density at radius 2 is 1.70 bits per heavy atom. The molecule has 0 atom stereocenters. The number of pyridine rings is 1. The first kappa shape index (κ1) is 16.7. The van der Waals surface area contributed by atoms with E-state index in [9.17, 15) is 4.79 Å². The molecular weight excluding hydrogens is 340 g/mol. The highest BCUT2D eigenvalue weighted by Gasteiger charge is 2.12. The van der Waals surface area contributed by atoms with Crippen LogP contribution in [0.2, 0.25) is 0 Å². The number of nitrogens with zero attached hydrogens (tertiary/aromatic N) is 3. The van der Waals surface area contributed by atoms with Gasteiger partial charge in [-0.1, -0.05) is 18.2 Å². The third-order valence-electron chi connectivity index (χ3n) is 4.11. The number of amides is 1. The van der Waals surface area contributed by atoms with E-state index in [1.807, 2.05) is 43.3 Å². The lowest BCUT2D eigenvalue weighted by molar-refractivity contribution is 0.102. The van der Waals surface area contributed by atoms with E-state index < -0.39 is 0 Å². The van der Waals surface area contributed by atoms with E-state index in [-0.39, 0.29) is 5.91 Å². The minimum Gasteiger partial charge on any atom is -0.416 e. The van der Waals surface area contributed by atoms with Crippen LogP contribution in [-0.4, -0.2) is 21.1 Å². The van der Waals surface area contributed by atoms with Gasteiger partial charge < -0.3 is 9.73 Å². The number of hydrogen-bond acceptors (Lipinski definition) is 5. The Morgan fingerprint density at radius 1 is 0.926 bits per heavy atom. The monoisotopic (exact) mass is 356 g/mol. The molecule has 1 amide bonds. The third-order valence-corrected chi connectivity index (χ3v) is 4.11. The van der Waals surface area contributed by atoms with E-state index in [1.165, 1.54) is 6.20 Å². The van der Waals surface area contributed by atoms with Gasteiger partial charge in [0.05, 0.1) is 5.56 Å². The van der Waals surface area contributed by atoms with Gasteiger partial charge in [-0.15, -0.1) is 10.2 Å². The Bertz CT molecular complexity index is 1070. The van der Waals surface area contributed by atoms with Crippen molar-refractivity contribution in [3.05, 3.63) is 84.2 Å². The molecule has 2 aromatic carbocycles. The van der Waals surface area contributed by atoms with E-state index in [0.717, 1.165) is 16.7 Å². The summed E-state index contributed by atoms with van der Waals surface area (Å²) in [5.74, 6) is 0.700. The van der Waals surface area contributed by atoms with Gasteiger partial charge in [-0.3, -0.25) is 9.78 Å². The van der Waals surface area contributed by atoms with Gasteiger partial charge in [0.15, 0.2) is 0 Å². The Labute approximate surface area is 155 Å². The lowest BCUT2D eigenvalue weighted by atomic mass is 10.1. The number of aryl methyl sites for hydroxylation is 1. The quantitative estimate of drug-likeness (QED) is 0.587. The van der Waals surface area contributed by atoms with E-state index in [0.29, 0.717) is 23.0 Å². The van der Waals surface area contributed by atoms with Gasteiger partial charge in [-0.2, -0.15) is 0 Å². The van der Waals surface area contributed by atoms with Crippen LogP contribution in [0.3, 0.4) is 0 Å². The molecule has 6 nitrogen and oxygen atoms in total. The number of carbonyl (C=O) groups excluding carboxylic acids is 1. The van der Waals surface area contributed by atoms with Gasteiger partial charge in [0, 0.05) is 29.2 Å². The summed E-state index contributed by atoms with van der Waals surface area (Å²) < 4.78 is 5.81. The summed E-state index contributed by atoms with van der Waals surface area (Å²) in [6, 6.07) is 18.5. The number of rotatable bonds is 4. The molecule has 4 aromatic rings. The molecule has 0 saturated heterocycles. The Balaban J connectivity index is 1.51. The third kappa shape index (κ3) is 3.59. The van der Waals surface area contributed by atoms with Crippen LogP contribution in [-0.2, 0) is 0 Å². The Morgan fingerprint density at radius 3 is 2.44 bits per heavy atom. The number of carbonyl (C=O) groups is 1. The molecule has 0 aliphatic carbocycles. The topological polar surface area (TPSA) is 80.9 Å². The van der Waals surface area contributed by atoms with Crippen LogP contribution < -0.4 is 5.32 Å². The van der Waals surface area contributed by atoms with Crippen LogP contribution in [0.5, 0.6) is 0 Å². The van der Waals surface area contributed by atoms with Crippen molar-refractivity contribution in [2.75, 3.05) is 5.32 Å². The first-order chi connectivity index (χ1) is 13.2. The molecule has 132 valence electrons. The van der Waals surface area contributed by atoms with Crippen LogP contribution in [0.15, 0.2) is 77.5 Å². The minimum absolute atomic E-state index is 0.213. The second kappa shape index (κ2) is 7.21. The highest BCUT2D eigenvalue weighted by atomic mass is 16.4. The van der Waals surface area contributed by atoms with Crippen LogP contribution >= 0.6 is 0 Å². The smallest absolute Gasteiger partial charge is 0.257 e. The van der Waals surface area contributed by atoms with Crippen LogP contribution in [0, 0.1) is 6.92 Å². The maximum absolute atomic E-state index is 12.2. The molecule has 27 heavy (non-hydrogen) atoms. The summed E-state index contributed by atoms with van der Waals surface area (Å²) in [4.78, 5) is 16.1. The van der Waals surface area contributed by atoms with Crippen molar-refractivity contribution in [3.8, 4) is 22.9 Å². The number of aromatic nitrogens is 3. The van der Waals surface area contributed by atoms with Crippen molar-refractivity contribution < 1.29 is 9.21 Å². The van der Waals surface area contributed by atoms with Crippen molar-refractivity contribution in [3.63, 3.8) is 0 Å². The maximum Gasteiger partial charge on any atom is 0.257 e. The van der Waals surface area contributed by atoms with Gasteiger partial charge in [-0.25, -0.2) is 0 Å². The summed E-state index contributed by atoms with van der Waals surface area (Å²) in [7, 11) is 0. The molecule has 0 aliphatic heterocycles. The van der Waals surface area contributed by atoms with Crippen molar-refractivity contribution >= 4 is 11.6 Å². The molecule has 6 heteroatoms. The number of hydrogen-bond donors (Lipinski definition) is 1. The van der Waals surface area contributed by atoms with Crippen molar-refractivity contribution in [2.45, 2.75) is 6.92 Å². The number of nitrogens with one attached hydrogen (secondary N) is 1. The Hall–Kier alpha value is -3.80. The summed E-state index contributed by atoms with van der Waals surface area (Å²) >= 11 is 0. The molecule has 0 spiro atoms. The first-order valence-corrected chi connectivity index (χ1v) is 8.42. The maximum atomic E-state index is 12.2. The molecule has 2 aromatic heterocycles. The molecule has 0 unspecified atom stereocenters. The molecule has 2 heterocycles. The largest absolute Gasteiger partial charge is 0.416 e. The first-order valence-electron chi connectivity index (χ1n) is 8.42. The number of benzene rings is 2. The fourth-order valence-corrected chi connectivity index (χ4v) is 2.66. The predicted molar refractivity (Wildman–Crippen MR) is 102 cm³/mol. The Kier molecular flexibility index (Phi) is 4.45. The average Bonchev–Trinajstić information content (AvgIpc) is 3.19. The fraction of sp³-hybridized carbons (Fsp3) is 0.0476. The highest BCUT2D eigenvalue weighted by molar-refractivity contribution is 6.04. The SMILES string of the molecule is Cc1ccccc1-c1nnc(-c2ccc(NC(=O)c3cccnc3)cc2)o1. The molecule has 4 rings (SSSR count). The molecule has 1 N–H and O–H groups in total. The van der Waals surface area contributed by atoms with Crippen LogP contribution in [0.1, 0.15) is 15.9 Å². The van der Waals surface area contributed by atoms with E-state index >= 15 is 0 Å². The zero-order valence-corrected chi connectivity index (χ0v) is 14.6. The highest BCUT2D eigenvalue weighted by Crippen LogP contribution is 2.26. The molecule has 0 aliphatic rings. The van der Waals surface area contributed by atoms with E-state index in [2.05, 4.69) is 20.5 Å². The summed E-state index contributed by atoms with van der Waals surface area (Å²) in [5, 5.41) is 11.1. The zero-order chi connectivity index (χ0) is 18.6. The number of anilines is 1. The van der Waals surface area contributed by atoms with Gasteiger partial charge in [0.2, 0.25) is 11.8 Å². The van der Waals surface area contributed by atoms with Gasteiger partial charge in [-0.05, 0) is 55.0 Å². The second-order valence-electron chi connectivity index (χ2n) is 6.00. The second-order valence-corrected chi connectivity index (χ2v) is 6.00. The van der Waals surface area contributed by atoms with E-state index in [1.54, 1.807) is 30.5 Å². The molecular formula is C21H16N4O2. The van der Waals surface area contributed by atoms with Crippen LogP contribution in [0.25, 0.3) is 22.9 Å². The average molecular weight is 356 g/mol. The lowest BCUT2D eigenvalue weighted by Gasteiger charge is -2.05. The summed E-state index contributed by atoms with van der Waals surface area (Å²) in [5.41, 5.74) is 3.94. The van der Waals surface area contributed by atoms with Crippen molar-refractivity contribution in [1.29, 1.82) is 0 Å². The fourth-order valence-electron chi connectivity index (χ4n) is 2.66. The van der Waals surface area contributed by atoms with Crippen molar-refractivity contribution in [1.82, 2.24) is 15.2 Å².